The third-order valence-electron chi connectivity index (χ3n) is 7.83. The molecule has 1 spiro atoms. The Labute approximate surface area is 252 Å². The van der Waals surface area contributed by atoms with E-state index in [9.17, 15) is 14.0 Å². The number of halogens is 3. The summed E-state index contributed by atoms with van der Waals surface area (Å²) in [6.07, 6.45) is 1.40. The van der Waals surface area contributed by atoms with Crippen molar-refractivity contribution in [3.05, 3.63) is 76.6 Å². The molecule has 4 N–H and O–H groups in total. The molecule has 12 heteroatoms. The van der Waals surface area contributed by atoms with Crippen molar-refractivity contribution in [2.75, 3.05) is 31.0 Å². The normalized spacial score (nSPS) is 22.8. The van der Waals surface area contributed by atoms with Crippen molar-refractivity contribution in [3.8, 4) is 11.5 Å². The van der Waals surface area contributed by atoms with Gasteiger partial charge in [-0.2, -0.15) is 0 Å². The SMILES string of the molecule is COc1cc(OCCO)ccc1NC(=O)[C@@H]1N[C@@H](CC(C)(C)C)[C@@]2(C(=O)Nc3cc(F)cnc32)[C@H]1c1cccc(Cl)c1F. The number of rotatable bonds is 8. The van der Waals surface area contributed by atoms with Crippen LogP contribution in [0.15, 0.2) is 48.7 Å². The van der Waals surface area contributed by atoms with Gasteiger partial charge in [0.25, 0.3) is 0 Å². The number of carbonyl (C=O) groups is 2. The number of hydrogen-bond acceptors (Lipinski definition) is 7. The number of benzene rings is 2. The molecular formula is C31H33ClF2N4O5. The standard InChI is InChI=1S/C31H33ClF2N4O5/c1-30(2,3)14-23-31(27-21(37-29(31)41)12-16(33)15-35-27)24(18-6-5-7-19(32)25(18)34)26(38-23)28(40)36-20-9-8-17(43-11-10-39)13-22(20)42-4/h5-9,12-13,15,23-24,26,38-39H,10-11,14H2,1-4H3,(H,36,40)(H,37,41)/t23-,24-,26+,31+/m0/s1. The summed E-state index contributed by atoms with van der Waals surface area (Å²) in [6.45, 7) is 5.86. The average Bonchev–Trinajstić information content (AvgIpc) is 3.42. The minimum Gasteiger partial charge on any atom is -0.494 e. The van der Waals surface area contributed by atoms with Crippen molar-refractivity contribution in [1.82, 2.24) is 10.3 Å². The maximum Gasteiger partial charge on any atom is 0.242 e. The van der Waals surface area contributed by atoms with Gasteiger partial charge in [0.05, 0.1) is 48.0 Å². The largest absolute Gasteiger partial charge is 0.494 e. The number of methoxy groups -OCH3 is 1. The zero-order chi connectivity index (χ0) is 31.1. The summed E-state index contributed by atoms with van der Waals surface area (Å²) >= 11 is 6.23. The van der Waals surface area contributed by atoms with Crippen LogP contribution in [0.4, 0.5) is 20.2 Å². The molecule has 4 atom stereocenters. The van der Waals surface area contributed by atoms with E-state index in [1.54, 1.807) is 24.3 Å². The van der Waals surface area contributed by atoms with E-state index in [0.29, 0.717) is 17.9 Å². The second-order valence-electron chi connectivity index (χ2n) is 11.9. The van der Waals surface area contributed by atoms with Gasteiger partial charge in [-0.15, -0.1) is 0 Å². The topological polar surface area (TPSA) is 122 Å². The number of hydrogen-bond donors (Lipinski definition) is 4. The molecule has 2 aliphatic rings. The van der Waals surface area contributed by atoms with Gasteiger partial charge in [-0.25, -0.2) is 8.78 Å². The Morgan fingerprint density at radius 2 is 1.98 bits per heavy atom. The lowest BCUT2D eigenvalue weighted by Gasteiger charge is -2.36. The van der Waals surface area contributed by atoms with Crippen LogP contribution in [0.25, 0.3) is 0 Å². The highest BCUT2D eigenvalue weighted by Gasteiger charge is 2.67. The maximum atomic E-state index is 15.9. The molecule has 1 saturated heterocycles. The maximum absolute atomic E-state index is 15.9. The number of aliphatic hydroxyl groups excluding tert-OH is 1. The number of pyridine rings is 1. The number of anilines is 2. The average molecular weight is 615 g/mol. The lowest BCUT2D eigenvalue weighted by molar-refractivity contribution is -0.122. The van der Waals surface area contributed by atoms with Crippen molar-refractivity contribution in [3.63, 3.8) is 0 Å². The van der Waals surface area contributed by atoms with Gasteiger partial charge in [-0.05, 0) is 35.6 Å². The van der Waals surface area contributed by atoms with E-state index in [1.807, 2.05) is 20.8 Å². The summed E-state index contributed by atoms with van der Waals surface area (Å²) in [5.74, 6) is -2.92. The zero-order valence-electron chi connectivity index (χ0n) is 24.1. The van der Waals surface area contributed by atoms with Crippen molar-refractivity contribution in [2.45, 2.75) is 50.6 Å². The molecule has 2 amide bonds. The van der Waals surface area contributed by atoms with Crippen LogP contribution in [0.2, 0.25) is 5.02 Å². The Morgan fingerprint density at radius 3 is 2.67 bits per heavy atom. The Hall–Kier alpha value is -3.80. The molecule has 0 aliphatic carbocycles. The first kappa shape index (κ1) is 30.7. The fourth-order valence-electron chi connectivity index (χ4n) is 6.22. The van der Waals surface area contributed by atoms with Crippen molar-refractivity contribution >= 4 is 34.8 Å². The molecule has 9 nitrogen and oxygen atoms in total. The second kappa shape index (κ2) is 11.7. The molecular weight excluding hydrogens is 582 g/mol. The Bertz CT molecular complexity index is 1570. The first-order chi connectivity index (χ1) is 20.4. The smallest absolute Gasteiger partial charge is 0.242 e. The third kappa shape index (κ3) is 5.52. The molecule has 43 heavy (non-hydrogen) atoms. The number of amides is 2. The van der Waals surface area contributed by atoms with E-state index in [2.05, 4.69) is 20.9 Å². The van der Waals surface area contributed by atoms with Gasteiger partial charge in [0.1, 0.15) is 35.2 Å². The van der Waals surface area contributed by atoms with E-state index in [1.165, 1.54) is 25.3 Å². The molecule has 1 fully saturated rings. The molecule has 2 aromatic carbocycles. The monoisotopic (exact) mass is 614 g/mol. The quantitative estimate of drug-likeness (QED) is 0.288. The van der Waals surface area contributed by atoms with Crippen LogP contribution in [0.3, 0.4) is 0 Å². The van der Waals surface area contributed by atoms with Crippen LogP contribution in [0, 0.1) is 17.0 Å². The van der Waals surface area contributed by atoms with Gasteiger partial charge >= 0.3 is 0 Å². The van der Waals surface area contributed by atoms with Crippen LogP contribution in [0.5, 0.6) is 11.5 Å². The molecule has 2 aliphatic heterocycles. The summed E-state index contributed by atoms with van der Waals surface area (Å²) in [7, 11) is 1.43. The number of aliphatic hydroxyl groups is 1. The number of fused-ring (bicyclic) bond motifs is 2. The molecule has 0 unspecified atom stereocenters. The molecule has 1 aromatic heterocycles. The third-order valence-corrected chi connectivity index (χ3v) is 8.12. The second-order valence-corrected chi connectivity index (χ2v) is 12.3. The lowest BCUT2D eigenvalue weighted by atomic mass is 9.64. The van der Waals surface area contributed by atoms with Crippen molar-refractivity contribution in [1.29, 1.82) is 0 Å². The highest BCUT2D eigenvalue weighted by molar-refractivity contribution is 6.30. The highest BCUT2D eigenvalue weighted by atomic mass is 35.5. The van der Waals surface area contributed by atoms with Gasteiger partial charge in [0.2, 0.25) is 11.8 Å². The zero-order valence-corrected chi connectivity index (χ0v) is 24.9. The Morgan fingerprint density at radius 1 is 1.21 bits per heavy atom. The molecule has 3 aromatic rings. The summed E-state index contributed by atoms with van der Waals surface area (Å²) in [6, 6.07) is 8.50. The van der Waals surface area contributed by atoms with Crippen LogP contribution in [-0.2, 0) is 15.0 Å². The lowest BCUT2D eigenvalue weighted by Crippen LogP contribution is -2.50. The Balaban J connectivity index is 1.66. The predicted octanol–water partition coefficient (Wildman–Crippen LogP) is 4.78. The number of nitrogens with one attached hydrogen (secondary N) is 3. The molecule has 228 valence electrons. The van der Waals surface area contributed by atoms with Gasteiger partial charge in [-0.1, -0.05) is 44.5 Å². The van der Waals surface area contributed by atoms with E-state index < -0.39 is 46.9 Å². The van der Waals surface area contributed by atoms with Crippen LogP contribution in [0.1, 0.15) is 44.4 Å². The Kier molecular flexibility index (Phi) is 8.34. The number of carbonyl (C=O) groups excluding carboxylic acids is 2. The highest BCUT2D eigenvalue weighted by Crippen LogP contribution is 2.56. The van der Waals surface area contributed by atoms with Crippen LogP contribution in [-0.4, -0.2) is 54.3 Å². The van der Waals surface area contributed by atoms with Gasteiger partial charge in [0, 0.05) is 24.1 Å². The fraction of sp³-hybridized carbons (Fsp3) is 0.387. The predicted molar refractivity (Wildman–Crippen MR) is 158 cm³/mol. The summed E-state index contributed by atoms with van der Waals surface area (Å²) in [5.41, 5.74) is -1.19. The summed E-state index contributed by atoms with van der Waals surface area (Å²) < 4.78 is 41.1. The number of aromatic nitrogens is 1. The molecule has 0 saturated carbocycles. The molecule has 0 radical (unpaired) electrons. The van der Waals surface area contributed by atoms with E-state index >= 15 is 4.39 Å². The van der Waals surface area contributed by atoms with Crippen LogP contribution < -0.4 is 25.4 Å². The van der Waals surface area contributed by atoms with E-state index in [-0.39, 0.29) is 46.3 Å². The van der Waals surface area contributed by atoms with Crippen molar-refractivity contribution < 1.29 is 33.0 Å². The van der Waals surface area contributed by atoms with Crippen LogP contribution >= 0.6 is 11.6 Å². The number of nitrogens with zero attached hydrogens (tertiary/aromatic N) is 1. The van der Waals surface area contributed by atoms with Gasteiger partial charge in [-0.3, -0.25) is 14.6 Å². The van der Waals surface area contributed by atoms with E-state index in [4.69, 9.17) is 26.2 Å². The first-order valence-corrected chi connectivity index (χ1v) is 14.2. The van der Waals surface area contributed by atoms with Gasteiger partial charge in [0.15, 0.2) is 0 Å². The molecule has 5 rings (SSSR count). The van der Waals surface area contributed by atoms with Crippen molar-refractivity contribution in [2.24, 2.45) is 5.41 Å². The number of ether oxygens (including phenoxy) is 2. The summed E-state index contributed by atoms with van der Waals surface area (Å²) in [5, 5.41) is 17.9. The fourth-order valence-corrected chi connectivity index (χ4v) is 6.40. The molecule has 3 heterocycles. The summed E-state index contributed by atoms with van der Waals surface area (Å²) in [4.78, 5) is 32.7. The first-order valence-electron chi connectivity index (χ1n) is 13.8. The van der Waals surface area contributed by atoms with Gasteiger partial charge < -0.3 is 30.5 Å². The minimum atomic E-state index is -1.59. The van der Waals surface area contributed by atoms with E-state index in [0.717, 1.165) is 6.20 Å². The molecule has 0 bridgehead atoms. The minimum absolute atomic E-state index is 0.0467.